The van der Waals surface area contributed by atoms with Crippen LogP contribution in [0.25, 0.3) is 0 Å². The van der Waals surface area contributed by atoms with Gasteiger partial charge in [-0.2, -0.15) is 5.10 Å². The number of carbonyl (C=O) groups is 1. The van der Waals surface area contributed by atoms with E-state index in [4.69, 9.17) is 5.73 Å². The third kappa shape index (κ3) is 5.37. The van der Waals surface area contributed by atoms with E-state index in [1.165, 1.54) is 0 Å². The first-order chi connectivity index (χ1) is 7.18. The molecule has 0 radical (unpaired) electrons. The van der Waals surface area contributed by atoms with E-state index in [0.29, 0.717) is 0 Å². The van der Waals surface area contributed by atoms with Crippen LogP contribution < -0.4 is 11.2 Å². The van der Waals surface area contributed by atoms with Crippen molar-refractivity contribution in [3.05, 3.63) is 0 Å². The minimum Gasteiger partial charge on any atom is -0.393 e. The number of rotatable bonds is 1. The van der Waals surface area contributed by atoms with Crippen LogP contribution >= 0.6 is 0 Å². The Morgan fingerprint density at radius 1 is 1.33 bits per heavy atom. The van der Waals surface area contributed by atoms with E-state index in [1.807, 2.05) is 0 Å². The molecule has 1 saturated carbocycles. The van der Waals surface area contributed by atoms with Gasteiger partial charge < -0.3 is 10.8 Å². The van der Waals surface area contributed by atoms with Gasteiger partial charge in [0.05, 0.1) is 6.10 Å². The Morgan fingerprint density at radius 2 is 2.00 bits per heavy atom. The van der Waals surface area contributed by atoms with E-state index >= 15 is 0 Å². The summed E-state index contributed by atoms with van der Waals surface area (Å²) >= 11 is 0. The highest BCUT2D eigenvalue weighted by Crippen LogP contribution is 2.15. The average Bonchev–Trinajstić information content (AvgIpc) is 2.27. The standard InChI is InChI=1S/C10H19N3O2/c11-10(15)13-12-8-4-1-2-6-9(14)7-3-5-8/h9,14H,1-7H2,(H3,11,13,15)/t9-/m1/s1. The number of hydrogen-bond acceptors (Lipinski definition) is 3. The molecule has 5 nitrogen and oxygen atoms in total. The Bertz CT molecular complexity index is 241. The molecule has 1 aliphatic carbocycles. The van der Waals surface area contributed by atoms with Crippen molar-refractivity contribution in [3.8, 4) is 0 Å². The van der Waals surface area contributed by atoms with Gasteiger partial charge in [0.2, 0.25) is 0 Å². The van der Waals surface area contributed by atoms with Gasteiger partial charge in [-0.15, -0.1) is 0 Å². The molecule has 1 atom stereocenters. The molecule has 1 aliphatic rings. The van der Waals surface area contributed by atoms with Crippen LogP contribution in [-0.2, 0) is 0 Å². The van der Waals surface area contributed by atoms with Gasteiger partial charge in [-0.1, -0.05) is 6.42 Å². The Morgan fingerprint density at radius 3 is 2.73 bits per heavy atom. The van der Waals surface area contributed by atoms with E-state index in [0.717, 1.165) is 50.7 Å². The summed E-state index contributed by atoms with van der Waals surface area (Å²) in [5.41, 5.74) is 8.17. The Hall–Kier alpha value is -1.10. The average molecular weight is 213 g/mol. The van der Waals surface area contributed by atoms with Crippen molar-refractivity contribution in [2.45, 2.75) is 51.0 Å². The lowest BCUT2D eigenvalue weighted by atomic mass is 10.1. The molecular formula is C10H19N3O2. The highest BCUT2D eigenvalue weighted by atomic mass is 16.3. The molecule has 0 bridgehead atoms. The van der Waals surface area contributed by atoms with Gasteiger partial charge in [0.15, 0.2) is 0 Å². The maximum atomic E-state index is 10.5. The topological polar surface area (TPSA) is 87.7 Å². The zero-order chi connectivity index (χ0) is 11.1. The van der Waals surface area contributed by atoms with Gasteiger partial charge in [-0.05, 0) is 38.5 Å². The minimum absolute atomic E-state index is 0.173. The third-order valence-electron chi connectivity index (χ3n) is 2.58. The Balaban J connectivity index is 2.42. The molecule has 0 spiro atoms. The number of aliphatic hydroxyl groups excluding tert-OH is 1. The number of aliphatic hydroxyl groups is 1. The molecule has 86 valence electrons. The number of amides is 2. The molecule has 1 fully saturated rings. The number of urea groups is 1. The van der Waals surface area contributed by atoms with Crippen molar-refractivity contribution >= 4 is 11.7 Å². The highest BCUT2D eigenvalue weighted by molar-refractivity contribution is 5.85. The summed E-state index contributed by atoms with van der Waals surface area (Å²) in [6.07, 6.45) is 6.16. The highest BCUT2D eigenvalue weighted by Gasteiger charge is 2.09. The normalized spacial score (nSPS) is 26.5. The summed E-state index contributed by atoms with van der Waals surface area (Å²) in [6, 6.07) is -0.623. The van der Waals surface area contributed by atoms with E-state index in [9.17, 15) is 9.90 Å². The lowest BCUT2D eigenvalue weighted by Gasteiger charge is -2.06. The van der Waals surface area contributed by atoms with Crippen LogP contribution in [0.1, 0.15) is 44.9 Å². The molecule has 0 saturated heterocycles. The molecular weight excluding hydrogens is 194 g/mol. The van der Waals surface area contributed by atoms with Crippen molar-refractivity contribution in [3.63, 3.8) is 0 Å². The number of nitrogens with two attached hydrogens (primary N) is 1. The van der Waals surface area contributed by atoms with Crippen LogP contribution in [0, 0.1) is 0 Å². The lowest BCUT2D eigenvalue weighted by molar-refractivity contribution is 0.150. The van der Waals surface area contributed by atoms with Gasteiger partial charge in [0.25, 0.3) is 0 Å². The van der Waals surface area contributed by atoms with Gasteiger partial charge in [0, 0.05) is 5.71 Å². The smallest absolute Gasteiger partial charge is 0.332 e. The Labute approximate surface area is 89.7 Å². The number of hydrogen-bond donors (Lipinski definition) is 3. The summed E-state index contributed by atoms with van der Waals surface area (Å²) in [5, 5.41) is 13.5. The quantitative estimate of drug-likeness (QED) is 0.570. The fourth-order valence-electron chi connectivity index (χ4n) is 1.77. The van der Waals surface area contributed by atoms with Crippen LogP contribution in [0.5, 0.6) is 0 Å². The summed E-state index contributed by atoms with van der Waals surface area (Å²) in [5.74, 6) is 0. The summed E-state index contributed by atoms with van der Waals surface area (Å²) < 4.78 is 0. The van der Waals surface area contributed by atoms with Crippen molar-refractivity contribution in [1.82, 2.24) is 5.43 Å². The Kier molecular flexibility index (Phi) is 5.10. The zero-order valence-corrected chi connectivity index (χ0v) is 8.91. The van der Waals surface area contributed by atoms with Gasteiger partial charge in [-0.25, -0.2) is 10.2 Å². The monoisotopic (exact) mass is 213 g/mol. The van der Waals surface area contributed by atoms with Gasteiger partial charge >= 0.3 is 6.03 Å². The molecule has 0 aromatic carbocycles. The molecule has 2 amide bonds. The van der Waals surface area contributed by atoms with Crippen LogP contribution in [-0.4, -0.2) is 23.0 Å². The fourth-order valence-corrected chi connectivity index (χ4v) is 1.77. The molecule has 0 aromatic heterocycles. The first-order valence-electron chi connectivity index (χ1n) is 5.47. The summed E-state index contributed by atoms with van der Waals surface area (Å²) in [7, 11) is 0. The molecule has 15 heavy (non-hydrogen) atoms. The SMILES string of the molecule is NC(=O)NN=C1CCCC[C@@H](O)CCC1. The van der Waals surface area contributed by atoms with Crippen molar-refractivity contribution in [2.24, 2.45) is 10.8 Å². The van der Waals surface area contributed by atoms with Crippen molar-refractivity contribution < 1.29 is 9.90 Å². The third-order valence-corrected chi connectivity index (χ3v) is 2.58. The molecule has 0 aliphatic heterocycles. The number of nitrogens with one attached hydrogen (secondary N) is 1. The van der Waals surface area contributed by atoms with Crippen LogP contribution in [0.2, 0.25) is 0 Å². The number of hydrazone groups is 1. The number of primary amides is 1. The second kappa shape index (κ2) is 6.40. The fraction of sp³-hybridized carbons (Fsp3) is 0.800. The van der Waals surface area contributed by atoms with Gasteiger partial charge in [-0.3, -0.25) is 0 Å². The second-order valence-corrected chi connectivity index (χ2v) is 3.95. The predicted molar refractivity (Wildman–Crippen MR) is 58.5 cm³/mol. The molecule has 0 aromatic rings. The number of carbonyl (C=O) groups excluding carboxylic acids is 1. The van der Waals surface area contributed by atoms with Crippen LogP contribution in [0.15, 0.2) is 5.10 Å². The number of nitrogens with zero attached hydrogens (tertiary/aromatic N) is 1. The largest absolute Gasteiger partial charge is 0.393 e. The van der Waals surface area contributed by atoms with Crippen molar-refractivity contribution in [1.29, 1.82) is 0 Å². The van der Waals surface area contributed by atoms with Crippen molar-refractivity contribution in [2.75, 3.05) is 0 Å². The maximum Gasteiger partial charge on any atom is 0.332 e. The lowest BCUT2D eigenvalue weighted by Crippen LogP contribution is -2.25. The zero-order valence-electron chi connectivity index (χ0n) is 8.91. The molecule has 5 heteroatoms. The van der Waals surface area contributed by atoms with Gasteiger partial charge in [0.1, 0.15) is 0 Å². The van der Waals surface area contributed by atoms with E-state index in [1.54, 1.807) is 0 Å². The first-order valence-corrected chi connectivity index (χ1v) is 5.47. The molecule has 1 rings (SSSR count). The first kappa shape index (κ1) is 12.0. The van der Waals surface area contributed by atoms with Crippen LogP contribution in [0.4, 0.5) is 4.79 Å². The second-order valence-electron chi connectivity index (χ2n) is 3.95. The minimum atomic E-state index is -0.623. The molecule has 4 N–H and O–H groups in total. The predicted octanol–water partition coefficient (Wildman–Crippen LogP) is 1.12. The molecule has 0 unspecified atom stereocenters. The molecule has 0 heterocycles. The summed E-state index contributed by atoms with van der Waals surface area (Å²) in [6.45, 7) is 0. The van der Waals surface area contributed by atoms with Crippen LogP contribution in [0.3, 0.4) is 0 Å². The maximum absolute atomic E-state index is 10.5. The van der Waals surface area contributed by atoms with E-state index in [-0.39, 0.29) is 6.10 Å². The van der Waals surface area contributed by atoms with E-state index < -0.39 is 6.03 Å². The van der Waals surface area contributed by atoms with E-state index in [2.05, 4.69) is 10.5 Å². The summed E-state index contributed by atoms with van der Waals surface area (Å²) in [4.78, 5) is 10.5.